The Morgan fingerprint density at radius 3 is 2.43 bits per heavy atom. The number of anilines is 1. The molecular weight excluding hydrogens is 382 g/mol. The van der Waals surface area contributed by atoms with E-state index in [9.17, 15) is 19.5 Å². The fraction of sp³-hybridized carbons (Fsp3) is 0.650. The number of fused-ring (bicyclic) bond motifs is 3. The van der Waals surface area contributed by atoms with Gasteiger partial charge in [-0.2, -0.15) is 0 Å². The van der Waals surface area contributed by atoms with Crippen LogP contribution >= 0.6 is 11.3 Å². The van der Waals surface area contributed by atoms with Crippen molar-refractivity contribution in [2.75, 3.05) is 12.4 Å². The van der Waals surface area contributed by atoms with Gasteiger partial charge in [0, 0.05) is 4.88 Å². The van der Waals surface area contributed by atoms with Crippen molar-refractivity contribution in [3.63, 3.8) is 0 Å². The number of aliphatic carboxylic acids is 1. The first-order valence-corrected chi connectivity index (χ1v) is 10.7. The maximum absolute atomic E-state index is 13.0. The lowest BCUT2D eigenvalue weighted by molar-refractivity contribution is -0.147. The first-order valence-electron chi connectivity index (χ1n) is 9.93. The maximum atomic E-state index is 13.0. The molecule has 4 atom stereocenters. The van der Waals surface area contributed by atoms with Crippen LogP contribution in [0.4, 0.5) is 5.00 Å². The van der Waals surface area contributed by atoms with E-state index in [0.29, 0.717) is 23.4 Å². The van der Waals surface area contributed by atoms with E-state index in [1.165, 1.54) is 18.4 Å². The first kappa shape index (κ1) is 19.4. The summed E-state index contributed by atoms with van der Waals surface area (Å²) in [5.74, 6) is -3.39. The number of carboxylic acid groups (broad SMARTS) is 1. The van der Waals surface area contributed by atoms with E-state index in [0.717, 1.165) is 49.0 Å². The van der Waals surface area contributed by atoms with E-state index in [1.807, 2.05) is 0 Å². The molecule has 28 heavy (non-hydrogen) atoms. The van der Waals surface area contributed by atoms with E-state index in [-0.39, 0.29) is 12.0 Å². The number of ether oxygens (including phenoxy) is 2. The number of amides is 1. The second-order valence-corrected chi connectivity index (χ2v) is 8.89. The molecule has 0 radical (unpaired) electrons. The van der Waals surface area contributed by atoms with Crippen LogP contribution in [0, 0.1) is 11.8 Å². The topological polar surface area (TPSA) is 102 Å². The van der Waals surface area contributed by atoms with Crippen LogP contribution < -0.4 is 5.32 Å². The normalized spacial score (nSPS) is 28.9. The van der Waals surface area contributed by atoms with Gasteiger partial charge in [-0.3, -0.25) is 9.59 Å². The molecule has 4 rings (SSSR count). The molecule has 7 nitrogen and oxygen atoms in total. The van der Waals surface area contributed by atoms with Crippen molar-refractivity contribution < 1.29 is 29.0 Å². The number of nitrogens with one attached hydrogen (secondary N) is 1. The molecule has 2 saturated heterocycles. The average molecular weight is 407 g/mol. The highest BCUT2D eigenvalue weighted by molar-refractivity contribution is 7.17. The molecule has 0 aromatic carbocycles. The average Bonchev–Trinajstić information content (AvgIpc) is 3.34. The Hall–Kier alpha value is -1.93. The van der Waals surface area contributed by atoms with Gasteiger partial charge in [0.1, 0.15) is 5.00 Å². The lowest BCUT2D eigenvalue weighted by Gasteiger charge is -2.23. The highest BCUT2D eigenvalue weighted by atomic mass is 32.1. The van der Waals surface area contributed by atoms with Gasteiger partial charge in [0.15, 0.2) is 0 Å². The van der Waals surface area contributed by atoms with Gasteiger partial charge in [-0.05, 0) is 44.1 Å². The molecule has 2 fully saturated rings. The third kappa shape index (κ3) is 3.33. The quantitative estimate of drug-likeness (QED) is 0.744. The minimum Gasteiger partial charge on any atom is -0.481 e. The van der Waals surface area contributed by atoms with E-state index in [2.05, 4.69) is 5.32 Å². The van der Waals surface area contributed by atoms with Crippen LogP contribution in [0.15, 0.2) is 0 Å². The van der Waals surface area contributed by atoms with E-state index >= 15 is 0 Å². The number of carboxylic acids is 1. The minimum atomic E-state index is -1.00. The van der Waals surface area contributed by atoms with Crippen molar-refractivity contribution in [2.24, 2.45) is 11.8 Å². The number of hydrogen-bond donors (Lipinski definition) is 2. The molecule has 2 aliphatic heterocycles. The molecule has 2 N–H and O–H groups in total. The molecule has 1 amide bonds. The van der Waals surface area contributed by atoms with Crippen molar-refractivity contribution in [3.05, 3.63) is 16.0 Å². The largest absolute Gasteiger partial charge is 0.481 e. The van der Waals surface area contributed by atoms with Crippen LogP contribution in [0.2, 0.25) is 0 Å². The zero-order chi connectivity index (χ0) is 19.8. The van der Waals surface area contributed by atoms with Crippen molar-refractivity contribution in [1.29, 1.82) is 0 Å². The summed E-state index contributed by atoms with van der Waals surface area (Å²) in [6, 6.07) is 0. The molecule has 152 valence electrons. The SMILES string of the molecule is COC(=O)c1c(NC(=O)[C@@H]2[C@@H](C(=O)O)[C@H]3CC[C@H]2O3)sc2c1CCCCCC2. The highest BCUT2D eigenvalue weighted by Crippen LogP contribution is 2.45. The second kappa shape index (κ2) is 7.83. The van der Waals surface area contributed by atoms with Crippen molar-refractivity contribution >= 4 is 34.2 Å². The standard InChI is InChI=1S/C20H25NO6S/c1-26-20(25)14-10-6-4-2-3-5-7-13(10)28-18(14)21-17(22)15-11-8-9-12(27-11)16(15)19(23)24/h11-12,15-16H,2-9H2,1H3,(H,21,22)(H,23,24)/t11-,12-,15+,16+/m1/s1. The Morgan fingerprint density at radius 2 is 1.75 bits per heavy atom. The minimum absolute atomic E-state index is 0.367. The van der Waals surface area contributed by atoms with E-state index in [4.69, 9.17) is 9.47 Å². The summed E-state index contributed by atoms with van der Waals surface area (Å²) in [7, 11) is 1.34. The molecule has 0 unspecified atom stereocenters. The second-order valence-electron chi connectivity index (χ2n) is 7.78. The summed E-state index contributed by atoms with van der Waals surface area (Å²) in [6.45, 7) is 0. The highest BCUT2D eigenvalue weighted by Gasteiger charge is 2.55. The van der Waals surface area contributed by atoms with Crippen molar-refractivity contribution in [1.82, 2.24) is 0 Å². The van der Waals surface area contributed by atoms with Crippen LogP contribution in [0.1, 0.15) is 59.3 Å². The zero-order valence-electron chi connectivity index (χ0n) is 15.9. The lowest BCUT2D eigenvalue weighted by atomic mass is 9.78. The monoisotopic (exact) mass is 407 g/mol. The Bertz CT molecular complexity index is 803. The number of hydrogen-bond acceptors (Lipinski definition) is 6. The molecule has 0 spiro atoms. The summed E-state index contributed by atoms with van der Waals surface area (Å²) < 4.78 is 10.7. The number of methoxy groups -OCH3 is 1. The van der Waals surface area contributed by atoms with Gasteiger partial charge in [0.2, 0.25) is 5.91 Å². The molecular formula is C20H25NO6S. The lowest BCUT2D eigenvalue weighted by Crippen LogP contribution is -2.41. The number of aryl methyl sites for hydroxylation is 1. The predicted molar refractivity (Wildman–Crippen MR) is 103 cm³/mol. The van der Waals surface area contributed by atoms with Gasteiger partial charge in [-0.1, -0.05) is 12.8 Å². The fourth-order valence-corrected chi connectivity index (χ4v) is 6.13. The van der Waals surface area contributed by atoms with Crippen LogP contribution in [-0.2, 0) is 31.9 Å². The van der Waals surface area contributed by atoms with Crippen LogP contribution in [-0.4, -0.2) is 42.3 Å². The Morgan fingerprint density at radius 1 is 1.07 bits per heavy atom. The molecule has 3 heterocycles. The van der Waals surface area contributed by atoms with Gasteiger partial charge in [-0.25, -0.2) is 4.79 Å². The maximum Gasteiger partial charge on any atom is 0.341 e. The van der Waals surface area contributed by atoms with Gasteiger partial charge < -0.3 is 19.9 Å². The summed E-state index contributed by atoms with van der Waals surface area (Å²) in [4.78, 5) is 38.3. The molecule has 8 heteroatoms. The predicted octanol–water partition coefficient (Wildman–Crippen LogP) is 3.01. The summed E-state index contributed by atoms with van der Waals surface area (Å²) in [6.07, 6.45) is 6.62. The van der Waals surface area contributed by atoms with E-state index in [1.54, 1.807) is 0 Å². The Labute approximate surface area is 167 Å². The Kier molecular flexibility index (Phi) is 5.42. The molecule has 1 aromatic rings. The van der Waals surface area contributed by atoms with Crippen LogP contribution in [0.25, 0.3) is 0 Å². The number of rotatable bonds is 4. The third-order valence-electron chi connectivity index (χ3n) is 6.16. The zero-order valence-corrected chi connectivity index (χ0v) is 16.7. The molecule has 1 aliphatic carbocycles. The number of thiophene rings is 1. The number of carbonyl (C=O) groups excluding carboxylic acids is 2. The van der Waals surface area contributed by atoms with Gasteiger partial charge in [0.25, 0.3) is 0 Å². The number of esters is 1. The fourth-order valence-electron chi connectivity index (χ4n) is 4.85. The first-order chi connectivity index (χ1) is 13.5. The van der Waals surface area contributed by atoms with Crippen LogP contribution in [0.5, 0.6) is 0 Å². The molecule has 0 saturated carbocycles. The molecule has 3 aliphatic rings. The van der Waals surface area contributed by atoms with Crippen LogP contribution in [0.3, 0.4) is 0 Å². The third-order valence-corrected chi connectivity index (χ3v) is 7.37. The van der Waals surface area contributed by atoms with Gasteiger partial charge >= 0.3 is 11.9 Å². The van der Waals surface area contributed by atoms with Crippen molar-refractivity contribution in [2.45, 2.75) is 63.6 Å². The Balaban J connectivity index is 1.63. The number of carbonyl (C=O) groups is 3. The summed E-state index contributed by atoms with van der Waals surface area (Å²) in [5, 5.41) is 12.9. The summed E-state index contributed by atoms with van der Waals surface area (Å²) in [5.41, 5.74) is 1.42. The summed E-state index contributed by atoms with van der Waals surface area (Å²) >= 11 is 1.42. The smallest absolute Gasteiger partial charge is 0.341 e. The van der Waals surface area contributed by atoms with Gasteiger partial charge in [0.05, 0.1) is 36.7 Å². The van der Waals surface area contributed by atoms with Gasteiger partial charge in [-0.15, -0.1) is 11.3 Å². The van der Waals surface area contributed by atoms with Crippen molar-refractivity contribution in [3.8, 4) is 0 Å². The molecule has 2 bridgehead atoms. The molecule has 1 aromatic heterocycles. The van der Waals surface area contributed by atoms with E-state index < -0.39 is 29.9 Å².